The fraction of sp³-hybridized carbons (Fsp3) is 0.722. The van der Waals surface area contributed by atoms with Crippen LogP contribution in [0.5, 0.6) is 0 Å². The lowest BCUT2D eigenvalue weighted by molar-refractivity contribution is 0.00715. The number of urea groups is 1. The minimum absolute atomic E-state index is 0.0750. The van der Waals surface area contributed by atoms with Crippen LogP contribution in [0, 0.1) is 0 Å². The number of hydrogen-bond acceptors (Lipinski definition) is 4. The Bertz CT molecular complexity index is 506. The van der Waals surface area contributed by atoms with Crippen LogP contribution in [0.2, 0.25) is 0 Å². The van der Waals surface area contributed by atoms with Gasteiger partial charge in [0.25, 0.3) is 0 Å². The Morgan fingerprint density at radius 2 is 1.96 bits per heavy atom. The standard InChI is InChI=1S/C18H29N3O3/c22-17(20-14-18(23)8-2-1-3-9-18)19-13-15(16-7-6-12-24-16)21-10-4-5-11-21/h6-7,12,15,23H,1-5,8-11,13-14H2,(H2,19,20,22). The normalized spacial score (nSPS) is 22.2. The van der Waals surface area contributed by atoms with Crippen LogP contribution in [-0.2, 0) is 0 Å². The van der Waals surface area contributed by atoms with E-state index in [1.54, 1.807) is 6.26 Å². The van der Waals surface area contributed by atoms with Crippen molar-refractivity contribution in [1.29, 1.82) is 0 Å². The summed E-state index contributed by atoms with van der Waals surface area (Å²) in [6.07, 6.45) is 8.86. The first-order valence-corrected chi connectivity index (χ1v) is 9.18. The second-order valence-electron chi connectivity index (χ2n) is 7.12. The summed E-state index contributed by atoms with van der Waals surface area (Å²) in [6.45, 7) is 2.91. The van der Waals surface area contributed by atoms with E-state index in [0.717, 1.165) is 44.5 Å². The van der Waals surface area contributed by atoms with Crippen LogP contribution in [0.1, 0.15) is 56.7 Å². The lowest BCUT2D eigenvalue weighted by Gasteiger charge is -2.32. The third-order valence-corrected chi connectivity index (χ3v) is 5.27. The SMILES string of the molecule is O=C(NCC(c1ccco1)N1CCCC1)NCC1(O)CCCCC1. The minimum Gasteiger partial charge on any atom is -0.468 e. The van der Waals surface area contributed by atoms with Crippen molar-refractivity contribution in [1.82, 2.24) is 15.5 Å². The number of carbonyl (C=O) groups is 1. The summed E-state index contributed by atoms with van der Waals surface area (Å²) < 4.78 is 5.56. The molecular weight excluding hydrogens is 306 g/mol. The molecule has 6 nitrogen and oxygen atoms in total. The molecule has 2 amide bonds. The predicted molar refractivity (Wildman–Crippen MR) is 91.7 cm³/mol. The summed E-state index contributed by atoms with van der Waals surface area (Å²) in [4.78, 5) is 14.5. The summed E-state index contributed by atoms with van der Waals surface area (Å²) in [5.41, 5.74) is -0.731. The Morgan fingerprint density at radius 1 is 1.21 bits per heavy atom. The Hall–Kier alpha value is -1.53. The molecule has 2 fully saturated rings. The van der Waals surface area contributed by atoms with Crippen molar-refractivity contribution in [2.45, 2.75) is 56.6 Å². The van der Waals surface area contributed by atoms with Gasteiger partial charge in [-0.3, -0.25) is 4.90 Å². The van der Waals surface area contributed by atoms with Gasteiger partial charge >= 0.3 is 6.03 Å². The van der Waals surface area contributed by atoms with Gasteiger partial charge in [-0.25, -0.2) is 4.79 Å². The molecule has 24 heavy (non-hydrogen) atoms. The maximum absolute atomic E-state index is 12.1. The van der Waals surface area contributed by atoms with Crippen molar-refractivity contribution in [3.63, 3.8) is 0 Å². The summed E-state index contributed by atoms with van der Waals surface area (Å²) in [7, 11) is 0. The number of nitrogens with one attached hydrogen (secondary N) is 2. The second kappa shape index (κ2) is 8.03. The molecule has 3 N–H and O–H groups in total. The molecule has 3 rings (SSSR count). The largest absolute Gasteiger partial charge is 0.468 e. The summed E-state index contributed by atoms with van der Waals surface area (Å²) in [5, 5.41) is 16.2. The van der Waals surface area contributed by atoms with Gasteiger partial charge in [-0.2, -0.15) is 0 Å². The summed E-state index contributed by atoms with van der Waals surface area (Å²) in [5.74, 6) is 0.892. The highest BCUT2D eigenvalue weighted by Crippen LogP contribution is 2.27. The fourth-order valence-corrected chi connectivity index (χ4v) is 3.83. The first-order chi connectivity index (χ1) is 11.7. The van der Waals surface area contributed by atoms with E-state index >= 15 is 0 Å². The number of likely N-dealkylation sites (tertiary alicyclic amines) is 1. The lowest BCUT2D eigenvalue weighted by atomic mass is 9.85. The predicted octanol–water partition coefficient (Wildman–Crippen LogP) is 2.41. The van der Waals surface area contributed by atoms with Gasteiger partial charge < -0.3 is 20.2 Å². The Labute approximate surface area is 143 Å². The van der Waals surface area contributed by atoms with E-state index in [1.165, 1.54) is 19.3 Å². The topological polar surface area (TPSA) is 77.7 Å². The second-order valence-corrected chi connectivity index (χ2v) is 7.12. The minimum atomic E-state index is -0.731. The van der Waals surface area contributed by atoms with Crippen LogP contribution in [0.3, 0.4) is 0 Å². The molecule has 2 heterocycles. The van der Waals surface area contributed by atoms with Gasteiger partial charge in [-0.05, 0) is 50.9 Å². The van der Waals surface area contributed by atoms with Crippen LogP contribution < -0.4 is 10.6 Å². The van der Waals surface area contributed by atoms with Crippen LogP contribution in [0.25, 0.3) is 0 Å². The van der Waals surface area contributed by atoms with Crippen molar-refractivity contribution < 1.29 is 14.3 Å². The molecule has 1 aromatic heterocycles. The van der Waals surface area contributed by atoms with Gasteiger partial charge in [0.1, 0.15) is 5.76 Å². The van der Waals surface area contributed by atoms with Gasteiger partial charge in [0.15, 0.2) is 0 Å². The van der Waals surface area contributed by atoms with Gasteiger partial charge in [0, 0.05) is 13.1 Å². The molecule has 0 aromatic carbocycles. The van der Waals surface area contributed by atoms with Crippen LogP contribution in [0.4, 0.5) is 4.79 Å². The molecule has 0 bridgehead atoms. The van der Waals surface area contributed by atoms with Crippen molar-refractivity contribution in [2.24, 2.45) is 0 Å². The monoisotopic (exact) mass is 335 g/mol. The number of carbonyl (C=O) groups excluding carboxylic acids is 1. The van der Waals surface area contributed by atoms with E-state index in [0.29, 0.717) is 13.1 Å². The zero-order valence-electron chi connectivity index (χ0n) is 14.3. The van der Waals surface area contributed by atoms with Crippen molar-refractivity contribution in [3.8, 4) is 0 Å². The van der Waals surface area contributed by atoms with E-state index in [9.17, 15) is 9.90 Å². The van der Waals surface area contributed by atoms with E-state index in [1.807, 2.05) is 12.1 Å². The highest BCUT2D eigenvalue weighted by molar-refractivity contribution is 5.73. The average molecular weight is 335 g/mol. The number of hydrogen-bond donors (Lipinski definition) is 3. The Morgan fingerprint density at radius 3 is 2.62 bits per heavy atom. The number of aliphatic hydroxyl groups is 1. The zero-order valence-corrected chi connectivity index (χ0v) is 14.3. The van der Waals surface area contributed by atoms with E-state index in [-0.39, 0.29) is 12.1 Å². The van der Waals surface area contributed by atoms with Gasteiger partial charge in [0.05, 0.1) is 17.9 Å². The first kappa shape index (κ1) is 17.3. The highest BCUT2D eigenvalue weighted by atomic mass is 16.3. The van der Waals surface area contributed by atoms with E-state index < -0.39 is 5.60 Å². The van der Waals surface area contributed by atoms with E-state index in [2.05, 4.69) is 15.5 Å². The molecule has 1 saturated carbocycles. The molecule has 0 radical (unpaired) electrons. The number of nitrogens with zero attached hydrogens (tertiary/aromatic N) is 1. The van der Waals surface area contributed by atoms with Gasteiger partial charge in [-0.15, -0.1) is 0 Å². The van der Waals surface area contributed by atoms with Crippen molar-refractivity contribution >= 4 is 6.03 Å². The molecule has 0 spiro atoms. The molecule has 6 heteroatoms. The third kappa shape index (κ3) is 4.51. The lowest BCUT2D eigenvalue weighted by Crippen LogP contribution is -2.48. The number of furan rings is 1. The van der Waals surface area contributed by atoms with Gasteiger partial charge in [-0.1, -0.05) is 19.3 Å². The molecule has 134 valence electrons. The quantitative estimate of drug-likeness (QED) is 0.746. The van der Waals surface area contributed by atoms with Crippen molar-refractivity contribution in [2.75, 3.05) is 26.2 Å². The molecular formula is C18H29N3O3. The summed E-state index contributed by atoms with van der Waals surface area (Å²) >= 11 is 0. The molecule has 1 unspecified atom stereocenters. The smallest absolute Gasteiger partial charge is 0.314 e. The van der Waals surface area contributed by atoms with Gasteiger partial charge in [0.2, 0.25) is 0 Å². The Kier molecular flexibility index (Phi) is 5.79. The van der Waals surface area contributed by atoms with Crippen LogP contribution >= 0.6 is 0 Å². The molecule has 1 aliphatic carbocycles. The maximum atomic E-state index is 12.1. The molecule has 1 atom stereocenters. The maximum Gasteiger partial charge on any atom is 0.314 e. The molecule has 1 saturated heterocycles. The Balaban J connectivity index is 1.48. The number of amides is 2. The molecule has 2 aliphatic rings. The molecule has 1 aromatic rings. The highest BCUT2D eigenvalue weighted by Gasteiger charge is 2.30. The van der Waals surface area contributed by atoms with E-state index in [4.69, 9.17) is 4.42 Å². The zero-order chi connectivity index (χ0) is 16.8. The molecule has 1 aliphatic heterocycles. The fourth-order valence-electron chi connectivity index (χ4n) is 3.83. The summed E-state index contributed by atoms with van der Waals surface area (Å²) in [6, 6.07) is 3.71. The van der Waals surface area contributed by atoms with Crippen molar-refractivity contribution in [3.05, 3.63) is 24.2 Å². The number of rotatable bonds is 6. The average Bonchev–Trinajstić information content (AvgIpc) is 3.28. The van der Waals surface area contributed by atoms with Crippen LogP contribution in [-0.4, -0.2) is 47.8 Å². The van der Waals surface area contributed by atoms with Crippen LogP contribution in [0.15, 0.2) is 22.8 Å². The third-order valence-electron chi connectivity index (χ3n) is 5.27. The first-order valence-electron chi connectivity index (χ1n) is 9.18.